The van der Waals surface area contributed by atoms with E-state index in [4.69, 9.17) is 16.9 Å². The van der Waals surface area contributed by atoms with Crippen molar-refractivity contribution < 1.29 is 13.6 Å². The summed E-state index contributed by atoms with van der Waals surface area (Å²) in [6.07, 6.45) is -2.89. The molecule has 0 unspecified atom stereocenters. The first-order valence-corrected chi connectivity index (χ1v) is 4.73. The number of carbonyl (C=O) groups excluding carboxylic acids is 1. The lowest BCUT2D eigenvalue weighted by molar-refractivity contribution is 0.106. The summed E-state index contributed by atoms with van der Waals surface area (Å²) in [7, 11) is 0. The molecule has 1 aromatic rings. The van der Waals surface area contributed by atoms with Crippen LogP contribution in [0.15, 0.2) is 10.7 Å². The molecule has 0 aliphatic carbocycles. The Morgan fingerprint density at radius 2 is 2.27 bits per heavy atom. The second-order valence-electron chi connectivity index (χ2n) is 2.44. The fraction of sp³-hybridized carbons (Fsp3) is 0.125. The molecule has 7 heteroatoms. The van der Waals surface area contributed by atoms with Crippen molar-refractivity contribution in [2.45, 2.75) is 6.43 Å². The van der Waals surface area contributed by atoms with E-state index < -0.39 is 28.5 Å². The fourth-order valence-electron chi connectivity index (χ4n) is 0.992. The van der Waals surface area contributed by atoms with Gasteiger partial charge < -0.3 is 0 Å². The molecule has 0 bridgehead atoms. The number of hydrogen-bond donors (Lipinski definition) is 0. The maximum atomic E-state index is 12.5. The van der Waals surface area contributed by atoms with E-state index in [2.05, 4.69) is 20.9 Å². The van der Waals surface area contributed by atoms with E-state index in [0.29, 0.717) is 0 Å². The molecule has 0 saturated heterocycles. The minimum Gasteiger partial charge on any atom is -0.275 e. The van der Waals surface area contributed by atoms with Gasteiger partial charge in [-0.15, -0.1) is 0 Å². The molecule has 0 aliphatic rings. The normalized spacial score (nSPS) is 10.1. The Labute approximate surface area is 96.8 Å². The average Bonchev–Trinajstić information content (AvgIpc) is 2.15. The minimum absolute atomic E-state index is 0.0519. The maximum absolute atomic E-state index is 12.5. The van der Waals surface area contributed by atoms with E-state index in [0.717, 1.165) is 6.07 Å². The Morgan fingerprint density at radius 3 is 2.67 bits per heavy atom. The van der Waals surface area contributed by atoms with Crippen LogP contribution >= 0.6 is 27.5 Å². The van der Waals surface area contributed by atoms with Crippen LogP contribution in [0.4, 0.5) is 8.78 Å². The number of nitriles is 1. The predicted octanol–water partition coefficient (Wildman–Crippen LogP) is 3.03. The Kier molecular flexibility index (Phi) is 3.72. The summed E-state index contributed by atoms with van der Waals surface area (Å²) in [6.45, 7) is 0. The van der Waals surface area contributed by atoms with Crippen LogP contribution in [0.5, 0.6) is 0 Å². The first kappa shape index (κ1) is 12.0. The third-order valence-electron chi connectivity index (χ3n) is 1.56. The van der Waals surface area contributed by atoms with Crippen LogP contribution in [0.25, 0.3) is 0 Å². The van der Waals surface area contributed by atoms with Crippen molar-refractivity contribution in [2.75, 3.05) is 0 Å². The molecule has 0 N–H and O–H groups in total. The van der Waals surface area contributed by atoms with Crippen molar-refractivity contribution in [3.63, 3.8) is 0 Å². The van der Waals surface area contributed by atoms with Crippen molar-refractivity contribution in [1.82, 2.24) is 4.98 Å². The van der Waals surface area contributed by atoms with Gasteiger partial charge in [0.1, 0.15) is 10.7 Å². The Morgan fingerprint density at radius 1 is 1.67 bits per heavy atom. The van der Waals surface area contributed by atoms with Crippen LogP contribution in [0.3, 0.4) is 0 Å². The van der Waals surface area contributed by atoms with Gasteiger partial charge in [-0.3, -0.25) is 4.79 Å². The lowest BCUT2D eigenvalue weighted by atomic mass is 10.1. The molecule has 15 heavy (non-hydrogen) atoms. The fourth-order valence-corrected chi connectivity index (χ4v) is 1.61. The van der Waals surface area contributed by atoms with Gasteiger partial charge in [-0.05, 0) is 33.6 Å². The second kappa shape index (κ2) is 4.64. The van der Waals surface area contributed by atoms with E-state index in [1.54, 1.807) is 0 Å². The largest absolute Gasteiger partial charge is 0.275 e. The van der Waals surface area contributed by atoms with Crippen molar-refractivity contribution >= 4 is 32.8 Å². The Bertz CT molecular complexity index is 459. The van der Waals surface area contributed by atoms with Crippen LogP contribution in [0.2, 0.25) is 0 Å². The summed E-state index contributed by atoms with van der Waals surface area (Å²) in [6, 6.07) is 2.49. The molecule has 0 saturated carbocycles. The van der Waals surface area contributed by atoms with Gasteiger partial charge in [-0.25, -0.2) is 13.8 Å². The molecule has 0 amide bonds. The smallest absolute Gasteiger partial charge is 0.264 e. The summed E-state index contributed by atoms with van der Waals surface area (Å²) in [4.78, 5) is 14.5. The van der Waals surface area contributed by atoms with E-state index in [1.807, 2.05) is 0 Å². The number of rotatable bonds is 2. The molecule has 78 valence electrons. The zero-order valence-corrected chi connectivity index (χ0v) is 9.31. The number of carbonyl (C=O) groups is 1. The van der Waals surface area contributed by atoms with Gasteiger partial charge in [0.2, 0.25) is 0 Å². The maximum Gasteiger partial charge on any atom is 0.264 e. The van der Waals surface area contributed by atoms with Crippen LogP contribution < -0.4 is 0 Å². The van der Waals surface area contributed by atoms with Crippen LogP contribution in [-0.4, -0.2) is 10.2 Å². The number of pyridine rings is 1. The molecular formula is C8H2BrClF2N2O. The quantitative estimate of drug-likeness (QED) is 0.622. The van der Waals surface area contributed by atoms with Crippen molar-refractivity contribution in [1.29, 1.82) is 5.26 Å². The molecule has 0 aromatic carbocycles. The summed E-state index contributed by atoms with van der Waals surface area (Å²) >= 11 is 7.97. The van der Waals surface area contributed by atoms with Gasteiger partial charge >= 0.3 is 0 Å². The first-order chi connectivity index (χ1) is 6.97. The van der Waals surface area contributed by atoms with Crippen molar-refractivity contribution in [2.24, 2.45) is 0 Å². The lowest BCUT2D eigenvalue weighted by Gasteiger charge is -2.06. The van der Waals surface area contributed by atoms with E-state index in [1.165, 1.54) is 6.07 Å². The monoisotopic (exact) mass is 294 g/mol. The van der Waals surface area contributed by atoms with Gasteiger partial charge in [-0.1, -0.05) is 0 Å². The molecule has 0 aliphatic heterocycles. The third kappa shape index (κ3) is 2.49. The van der Waals surface area contributed by atoms with Gasteiger partial charge in [0.25, 0.3) is 11.7 Å². The van der Waals surface area contributed by atoms with Crippen molar-refractivity contribution in [3.05, 3.63) is 27.5 Å². The lowest BCUT2D eigenvalue weighted by Crippen LogP contribution is -2.04. The Balaban J connectivity index is 3.56. The summed E-state index contributed by atoms with van der Waals surface area (Å²) in [5.74, 6) is 0. The van der Waals surface area contributed by atoms with Crippen molar-refractivity contribution in [3.8, 4) is 6.07 Å². The molecule has 1 aromatic heterocycles. The summed E-state index contributed by atoms with van der Waals surface area (Å²) < 4.78 is 25.1. The number of alkyl halides is 2. The molecular weight excluding hydrogens is 293 g/mol. The summed E-state index contributed by atoms with van der Waals surface area (Å²) in [5, 5.41) is 7.49. The molecule has 1 heterocycles. The highest BCUT2D eigenvalue weighted by Crippen LogP contribution is 2.28. The van der Waals surface area contributed by atoms with Crippen LogP contribution in [0.1, 0.15) is 28.0 Å². The summed E-state index contributed by atoms with van der Waals surface area (Å²) in [5.41, 5.74) is -1.56. The van der Waals surface area contributed by atoms with Gasteiger partial charge in [-0.2, -0.15) is 5.26 Å². The SMILES string of the molecule is N#Cc1nc(Br)cc(C(F)F)c1C(=O)Cl. The first-order valence-electron chi connectivity index (χ1n) is 3.56. The number of halogens is 4. The van der Waals surface area contributed by atoms with Crippen LogP contribution in [0, 0.1) is 11.3 Å². The predicted molar refractivity (Wildman–Crippen MR) is 51.8 cm³/mol. The highest BCUT2D eigenvalue weighted by molar-refractivity contribution is 9.10. The average molecular weight is 295 g/mol. The van der Waals surface area contributed by atoms with E-state index >= 15 is 0 Å². The molecule has 3 nitrogen and oxygen atoms in total. The standard InChI is InChI=1S/C8H2BrClF2N2O/c9-5-1-3(8(11)12)6(7(10)15)4(2-13)14-5/h1,8H. The van der Waals surface area contributed by atoms with Gasteiger partial charge in [0.15, 0.2) is 5.69 Å². The number of nitrogens with zero attached hydrogens (tertiary/aromatic N) is 2. The highest BCUT2D eigenvalue weighted by Gasteiger charge is 2.22. The van der Waals surface area contributed by atoms with E-state index in [9.17, 15) is 13.6 Å². The highest BCUT2D eigenvalue weighted by atomic mass is 79.9. The zero-order chi connectivity index (χ0) is 11.6. The number of aromatic nitrogens is 1. The molecule has 0 radical (unpaired) electrons. The minimum atomic E-state index is -2.89. The third-order valence-corrected chi connectivity index (χ3v) is 2.15. The topological polar surface area (TPSA) is 53.8 Å². The zero-order valence-electron chi connectivity index (χ0n) is 6.97. The molecule has 0 fully saturated rings. The Hall–Kier alpha value is -1.06. The molecule has 0 atom stereocenters. The molecule has 0 spiro atoms. The molecule has 1 rings (SSSR count). The van der Waals surface area contributed by atoms with Crippen LogP contribution in [-0.2, 0) is 0 Å². The van der Waals surface area contributed by atoms with Gasteiger partial charge in [0, 0.05) is 5.56 Å². The second-order valence-corrected chi connectivity index (χ2v) is 3.60. The van der Waals surface area contributed by atoms with E-state index in [-0.39, 0.29) is 4.60 Å². The number of hydrogen-bond acceptors (Lipinski definition) is 3. The van der Waals surface area contributed by atoms with Gasteiger partial charge in [0.05, 0.1) is 5.56 Å².